The maximum absolute atomic E-state index is 4.40. The summed E-state index contributed by atoms with van der Waals surface area (Å²) in [4.78, 5) is 5.66. The Bertz CT molecular complexity index is 436. The van der Waals surface area contributed by atoms with E-state index in [0.717, 1.165) is 16.0 Å². The second-order valence-electron chi connectivity index (χ2n) is 3.17. The van der Waals surface area contributed by atoms with Crippen molar-refractivity contribution in [2.45, 2.75) is 6.54 Å². The molecule has 0 saturated heterocycles. The molecule has 1 N–H and O–H groups in total. The monoisotopic (exact) mass is 282 g/mol. The van der Waals surface area contributed by atoms with Gasteiger partial charge in [0.05, 0.1) is 0 Å². The molecule has 0 unspecified atom stereocenters. The highest BCUT2D eigenvalue weighted by atomic mass is 79.9. The molecule has 0 bridgehead atoms. The van der Waals surface area contributed by atoms with Gasteiger partial charge in [0, 0.05) is 27.7 Å². The van der Waals surface area contributed by atoms with Crippen LogP contribution in [0, 0.1) is 0 Å². The smallest absolute Gasteiger partial charge is 0.123 e. The number of nitrogens with one attached hydrogen (secondary N) is 1. The molecule has 0 aliphatic heterocycles. The highest BCUT2D eigenvalue weighted by molar-refractivity contribution is 9.10. The normalized spacial score (nSPS) is 10.5. The largest absolute Gasteiger partial charge is 0.315 e. The van der Waals surface area contributed by atoms with Crippen molar-refractivity contribution in [2.75, 3.05) is 7.05 Å². The van der Waals surface area contributed by atoms with Crippen LogP contribution in [0.5, 0.6) is 0 Å². The van der Waals surface area contributed by atoms with Crippen LogP contribution in [-0.2, 0) is 6.54 Å². The molecule has 0 atom stereocenters. The van der Waals surface area contributed by atoms with Crippen molar-refractivity contribution >= 4 is 27.3 Å². The lowest BCUT2D eigenvalue weighted by molar-refractivity contribution is 0.829. The molecule has 0 aliphatic rings. The van der Waals surface area contributed by atoms with Crippen LogP contribution in [0.3, 0.4) is 0 Å². The SMILES string of the molecule is CNCc1cnc(-c2ccc(Br)cc2)s1. The van der Waals surface area contributed by atoms with Gasteiger partial charge >= 0.3 is 0 Å². The summed E-state index contributed by atoms with van der Waals surface area (Å²) in [5.41, 5.74) is 1.17. The van der Waals surface area contributed by atoms with Crippen molar-refractivity contribution in [3.8, 4) is 10.6 Å². The van der Waals surface area contributed by atoms with Crippen molar-refractivity contribution in [1.82, 2.24) is 10.3 Å². The van der Waals surface area contributed by atoms with Crippen molar-refractivity contribution in [1.29, 1.82) is 0 Å². The topological polar surface area (TPSA) is 24.9 Å². The third kappa shape index (κ3) is 2.65. The first-order valence-corrected chi connectivity index (χ1v) is 6.26. The number of aromatic nitrogens is 1. The molecule has 0 aliphatic carbocycles. The van der Waals surface area contributed by atoms with Gasteiger partial charge in [-0.05, 0) is 19.2 Å². The summed E-state index contributed by atoms with van der Waals surface area (Å²) in [6.07, 6.45) is 1.93. The van der Waals surface area contributed by atoms with E-state index in [-0.39, 0.29) is 0 Å². The zero-order valence-corrected chi connectivity index (χ0v) is 10.7. The van der Waals surface area contributed by atoms with E-state index in [2.05, 4.69) is 38.4 Å². The Morgan fingerprint density at radius 1 is 1.33 bits per heavy atom. The average Bonchev–Trinajstić information content (AvgIpc) is 2.68. The zero-order chi connectivity index (χ0) is 10.7. The van der Waals surface area contributed by atoms with E-state index in [1.165, 1.54) is 10.4 Å². The van der Waals surface area contributed by atoms with Crippen LogP contribution in [-0.4, -0.2) is 12.0 Å². The Hall–Kier alpha value is -0.710. The molecule has 2 nitrogen and oxygen atoms in total. The van der Waals surface area contributed by atoms with Gasteiger partial charge in [-0.3, -0.25) is 0 Å². The molecule has 1 heterocycles. The lowest BCUT2D eigenvalue weighted by Gasteiger charge is -1.95. The van der Waals surface area contributed by atoms with Gasteiger partial charge in [-0.15, -0.1) is 11.3 Å². The number of thiazole rings is 1. The maximum atomic E-state index is 4.40. The van der Waals surface area contributed by atoms with Gasteiger partial charge in [-0.2, -0.15) is 0 Å². The summed E-state index contributed by atoms with van der Waals surface area (Å²) >= 11 is 5.15. The molecule has 0 saturated carbocycles. The minimum atomic E-state index is 0.883. The Kier molecular flexibility index (Phi) is 3.51. The summed E-state index contributed by atoms with van der Waals surface area (Å²) in [6, 6.07) is 8.22. The third-order valence-corrected chi connectivity index (χ3v) is 3.57. The number of nitrogens with zero attached hydrogens (tertiary/aromatic N) is 1. The quantitative estimate of drug-likeness (QED) is 0.935. The van der Waals surface area contributed by atoms with Crippen molar-refractivity contribution in [3.05, 3.63) is 39.8 Å². The predicted octanol–water partition coefficient (Wildman–Crippen LogP) is 3.29. The number of halogens is 1. The Labute approximate surface area is 101 Å². The average molecular weight is 283 g/mol. The lowest BCUT2D eigenvalue weighted by Crippen LogP contribution is -2.02. The van der Waals surface area contributed by atoms with E-state index < -0.39 is 0 Å². The summed E-state index contributed by atoms with van der Waals surface area (Å²) in [6.45, 7) is 0.883. The molecule has 4 heteroatoms. The number of rotatable bonds is 3. The fourth-order valence-corrected chi connectivity index (χ4v) is 2.48. The molecule has 2 aromatic rings. The summed E-state index contributed by atoms with van der Waals surface area (Å²) in [7, 11) is 1.94. The fraction of sp³-hybridized carbons (Fsp3) is 0.182. The molecule has 1 aromatic heterocycles. The van der Waals surface area contributed by atoms with Crippen LogP contribution in [0.25, 0.3) is 10.6 Å². The van der Waals surface area contributed by atoms with Crippen LogP contribution in [0.4, 0.5) is 0 Å². The van der Waals surface area contributed by atoms with Crippen LogP contribution < -0.4 is 5.32 Å². The molecule has 2 rings (SSSR count). The van der Waals surface area contributed by atoms with E-state index in [4.69, 9.17) is 0 Å². The second kappa shape index (κ2) is 4.88. The number of hydrogen-bond acceptors (Lipinski definition) is 3. The number of hydrogen-bond donors (Lipinski definition) is 1. The molecular weight excluding hydrogens is 272 g/mol. The Morgan fingerprint density at radius 2 is 2.07 bits per heavy atom. The summed E-state index contributed by atoms with van der Waals surface area (Å²) in [5, 5.41) is 4.20. The molecular formula is C11H11BrN2S. The minimum Gasteiger partial charge on any atom is -0.315 e. The van der Waals surface area contributed by atoms with E-state index in [0.29, 0.717) is 0 Å². The van der Waals surface area contributed by atoms with Crippen LogP contribution >= 0.6 is 27.3 Å². The Balaban J connectivity index is 2.25. The molecule has 0 spiro atoms. The van der Waals surface area contributed by atoms with Gasteiger partial charge in [0.1, 0.15) is 5.01 Å². The molecule has 15 heavy (non-hydrogen) atoms. The fourth-order valence-electron chi connectivity index (χ4n) is 1.29. The second-order valence-corrected chi connectivity index (χ2v) is 5.20. The van der Waals surface area contributed by atoms with Crippen molar-refractivity contribution < 1.29 is 0 Å². The van der Waals surface area contributed by atoms with E-state index in [1.807, 2.05) is 25.4 Å². The first-order valence-electron chi connectivity index (χ1n) is 4.65. The maximum Gasteiger partial charge on any atom is 0.123 e. The summed E-state index contributed by atoms with van der Waals surface area (Å²) in [5.74, 6) is 0. The standard InChI is InChI=1S/C11H11BrN2S/c1-13-6-10-7-14-11(15-10)8-2-4-9(12)5-3-8/h2-5,7,13H,6H2,1H3. The van der Waals surface area contributed by atoms with Crippen LogP contribution in [0.1, 0.15) is 4.88 Å². The van der Waals surface area contributed by atoms with E-state index in [9.17, 15) is 0 Å². The molecule has 0 radical (unpaired) electrons. The van der Waals surface area contributed by atoms with Crippen molar-refractivity contribution in [2.24, 2.45) is 0 Å². The lowest BCUT2D eigenvalue weighted by atomic mass is 10.2. The van der Waals surface area contributed by atoms with Gasteiger partial charge in [0.15, 0.2) is 0 Å². The van der Waals surface area contributed by atoms with Crippen molar-refractivity contribution in [3.63, 3.8) is 0 Å². The van der Waals surface area contributed by atoms with Gasteiger partial charge in [0.25, 0.3) is 0 Å². The first kappa shape index (κ1) is 10.8. The van der Waals surface area contributed by atoms with Gasteiger partial charge in [-0.1, -0.05) is 28.1 Å². The zero-order valence-electron chi connectivity index (χ0n) is 8.33. The van der Waals surface area contributed by atoms with Gasteiger partial charge in [-0.25, -0.2) is 4.98 Å². The third-order valence-electron chi connectivity index (χ3n) is 2.00. The predicted molar refractivity (Wildman–Crippen MR) is 68.0 cm³/mol. The van der Waals surface area contributed by atoms with E-state index in [1.54, 1.807) is 11.3 Å². The van der Waals surface area contributed by atoms with Crippen LogP contribution in [0.2, 0.25) is 0 Å². The minimum absolute atomic E-state index is 0.883. The Morgan fingerprint density at radius 3 is 2.73 bits per heavy atom. The molecule has 0 fully saturated rings. The molecule has 1 aromatic carbocycles. The molecule has 0 amide bonds. The highest BCUT2D eigenvalue weighted by Gasteiger charge is 2.03. The van der Waals surface area contributed by atoms with Gasteiger partial charge in [0.2, 0.25) is 0 Å². The highest BCUT2D eigenvalue weighted by Crippen LogP contribution is 2.26. The van der Waals surface area contributed by atoms with Gasteiger partial charge < -0.3 is 5.32 Å². The number of benzene rings is 1. The molecule has 78 valence electrons. The summed E-state index contributed by atoms with van der Waals surface area (Å²) < 4.78 is 1.10. The first-order chi connectivity index (χ1) is 7.29. The van der Waals surface area contributed by atoms with Crippen LogP contribution in [0.15, 0.2) is 34.9 Å². The van der Waals surface area contributed by atoms with E-state index >= 15 is 0 Å².